The summed E-state index contributed by atoms with van der Waals surface area (Å²) in [5.74, 6) is -0.853. The van der Waals surface area contributed by atoms with E-state index in [-0.39, 0.29) is 26.1 Å². The maximum atomic E-state index is 12.8. The number of phosphoric ester groups is 1. The quantitative estimate of drug-likeness (QED) is 0.0195. The van der Waals surface area contributed by atoms with E-state index in [4.69, 9.17) is 18.5 Å². The van der Waals surface area contributed by atoms with Crippen LogP contribution < -0.4 is 4.89 Å². The molecule has 0 heterocycles. The van der Waals surface area contributed by atoms with Gasteiger partial charge in [-0.25, -0.2) is 0 Å². The molecular formula is C62H106NO8P. The van der Waals surface area contributed by atoms with Crippen LogP contribution in [0.15, 0.2) is 109 Å². The number of hydrogen-bond acceptors (Lipinski definition) is 8. The minimum Gasteiger partial charge on any atom is -0.756 e. The van der Waals surface area contributed by atoms with Gasteiger partial charge in [0.2, 0.25) is 0 Å². The lowest BCUT2D eigenvalue weighted by atomic mass is 10.0. The second-order valence-corrected chi connectivity index (χ2v) is 21.3. The van der Waals surface area contributed by atoms with Crippen molar-refractivity contribution in [3.8, 4) is 0 Å². The van der Waals surface area contributed by atoms with Crippen LogP contribution in [-0.2, 0) is 32.7 Å². The van der Waals surface area contributed by atoms with Gasteiger partial charge >= 0.3 is 11.9 Å². The summed E-state index contributed by atoms with van der Waals surface area (Å²) in [7, 11) is 1.14. The summed E-state index contributed by atoms with van der Waals surface area (Å²) in [6.07, 6.45) is 72.7. The average molecular weight is 1020 g/mol. The molecular weight excluding hydrogens is 918 g/mol. The number of carbonyl (C=O) groups excluding carboxylic acids is 2. The SMILES string of the molecule is CC/C=C\C/C=C\C/C=C\C/C=C\C/C=C\CCCCCCCCCC(=O)OC(COC(=O)CCCCCCCCCCCCCC/C=C\C/C=C\C/C=C\C/C=C\CC)COP(=O)([O-])OCC[N+](C)(C)C. The highest BCUT2D eigenvalue weighted by atomic mass is 31.2. The smallest absolute Gasteiger partial charge is 0.306 e. The van der Waals surface area contributed by atoms with Crippen LogP contribution in [0.25, 0.3) is 0 Å². The fraction of sp³-hybridized carbons (Fsp3) is 0.677. The van der Waals surface area contributed by atoms with Crippen LogP contribution in [0.4, 0.5) is 0 Å². The van der Waals surface area contributed by atoms with E-state index in [1.807, 2.05) is 21.1 Å². The molecule has 0 fully saturated rings. The number of allylic oxidation sites excluding steroid dienone is 18. The Balaban J connectivity index is 4.22. The van der Waals surface area contributed by atoms with Gasteiger partial charge in [0.05, 0.1) is 27.7 Å². The molecule has 0 N–H and O–H groups in total. The summed E-state index contributed by atoms with van der Waals surface area (Å²) in [5.41, 5.74) is 0. The highest BCUT2D eigenvalue weighted by Gasteiger charge is 2.21. The van der Waals surface area contributed by atoms with Crippen LogP contribution in [0.5, 0.6) is 0 Å². The van der Waals surface area contributed by atoms with E-state index in [1.54, 1.807) is 0 Å². The molecule has 0 saturated carbocycles. The Morgan fingerprint density at radius 3 is 1.11 bits per heavy atom. The van der Waals surface area contributed by atoms with Gasteiger partial charge < -0.3 is 27.9 Å². The van der Waals surface area contributed by atoms with E-state index in [1.165, 1.54) is 77.0 Å². The van der Waals surface area contributed by atoms with Crippen molar-refractivity contribution in [2.75, 3.05) is 47.5 Å². The Bertz CT molecular complexity index is 1580. The predicted octanol–water partition coefficient (Wildman–Crippen LogP) is 17.2. The summed E-state index contributed by atoms with van der Waals surface area (Å²) >= 11 is 0. The zero-order chi connectivity index (χ0) is 52.7. The molecule has 0 aromatic heterocycles. The lowest BCUT2D eigenvalue weighted by Crippen LogP contribution is -2.37. The van der Waals surface area contributed by atoms with Crippen LogP contribution in [0.1, 0.15) is 219 Å². The van der Waals surface area contributed by atoms with Crippen molar-refractivity contribution >= 4 is 19.8 Å². The minimum absolute atomic E-state index is 0.0391. The molecule has 2 atom stereocenters. The third kappa shape index (κ3) is 56.0. The van der Waals surface area contributed by atoms with E-state index >= 15 is 0 Å². The molecule has 0 aromatic rings. The maximum Gasteiger partial charge on any atom is 0.306 e. The van der Waals surface area contributed by atoms with E-state index < -0.39 is 32.5 Å². The van der Waals surface area contributed by atoms with Gasteiger partial charge in [-0.15, -0.1) is 0 Å². The standard InChI is InChI=1S/C62H106NO8P/c1-6-8-10-12-14-16-18-20-22-24-26-28-30-31-33-34-36-38-40-42-44-46-48-50-52-54-61(64)68-58-60(59-70-72(66,67)69-57-56-63(3,4)5)71-62(65)55-53-51-49-47-45-43-41-39-37-35-32-29-27-25-23-21-19-17-15-13-11-9-7-2/h8-11,14-17,20-23,26-29,35,37,60H,6-7,12-13,18-19,24-25,30-34,36,38-59H2,1-5H3/b10-8-,11-9-,16-14-,17-15-,22-20-,23-21-,28-26-,29-27-,37-35-. The highest BCUT2D eigenvalue weighted by molar-refractivity contribution is 7.45. The first kappa shape index (κ1) is 68.7. The molecule has 72 heavy (non-hydrogen) atoms. The first-order valence-corrected chi connectivity index (χ1v) is 30.1. The van der Waals surface area contributed by atoms with Gasteiger partial charge in [-0.1, -0.05) is 220 Å². The molecule has 0 aliphatic carbocycles. The number of nitrogens with zero attached hydrogens (tertiary/aromatic N) is 1. The largest absolute Gasteiger partial charge is 0.756 e. The fourth-order valence-electron chi connectivity index (χ4n) is 7.44. The number of carbonyl (C=O) groups is 2. The molecule has 0 aromatic carbocycles. The number of rotatable bonds is 51. The van der Waals surface area contributed by atoms with Gasteiger partial charge in [-0.2, -0.15) is 0 Å². The van der Waals surface area contributed by atoms with Crippen molar-refractivity contribution in [3.05, 3.63) is 109 Å². The summed E-state index contributed by atoms with van der Waals surface area (Å²) in [6, 6.07) is 0. The Hall–Kier alpha value is -3.33. The number of phosphoric acid groups is 1. The molecule has 9 nitrogen and oxygen atoms in total. The van der Waals surface area contributed by atoms with Crippen molar-refractivity contribution in [1.29, 1.82) is 0 Å². The Kier molecular flexibility index (Phi) is 50.1. The van der Waals surface area contributed by atoms with Gasteiger partial charge in [0.15, 0.2) is 6.10 Å². The molecule has 10 heteroatoms. The lowest BCUT2D eigenvalue weighted by Gasteiger charge is -2.28. The second kappa shape index (κ2) is 52.5. The molecule has 0 radical (unpaired) electrons. The number of ether oxygens (including phenoxy) is 2. The Labute approximate surface area is 442 Å². The lowest BCUT2D eigenvalue weighted by molar-refractivity contribution is -0.870. The van der Waals surface area contributed by atoms with Crippen molar-refractivity contribution in [2.24, 2.45) is 0 Å². The molecule has 0 saturated heterocycles. The molecule has 0 amide bonds. The second-order valence-electron chi connectivity index (χ2n) is 19.9. The molecule has 0 bridgehead atoms. The van der Waals surface area contributed by atoms with Crippen molar-refractivity contribution in [1.82, 2.24) is 0 Å². The van der Waals surface area contributed by atoms with Gasteiger partial charge in [-0.05, 0) is 96.3 Å². The monoisotopic (exact) mass is 1020 g/mol. The number of unbranched alkanes of at least 4 members (excludes halogenated alkanes) is 19. The van der Waals surface area contributed by atoms with E-state index in [0.29, 0.717) is 17.4 Å². The van der Waals surface area contributed by atoms with E-state index in [9.17, 15) is 19.0 Å². The molecule has 0 aliphatic rings. The summed E-state index contributed by atoms with van der Waals surface area (Å²) in [4.78, 5) is 37.9. The zero-order valence-corrected chi connectivity index (χ0v) is 47.5. The normalized spacial score (nSPS) is 14.1. The fourth-order valence-corrected chi connectivity index (χ4v) is 8.17. The molecule has 412 valence electrons. The van der Waals surface area contributed by atoms with Crippen molar-refractivity contribution in [3.63, 3.8) is 0 Å². The molecule has 2 unspecified atom stereocenters. The van der Waals surface area contributed by atoms with Crippen molar-refractivity contribution in [2.45, 2.75) is 225 Å². The summed E-state index contributed by atoms with van der Waals surface area (Å²) in [6.45, 7) is 3.99. The number of quaternary nitrogens is 1. The number of hydrogen-bond donors (Lipinski definition) is 0. The van der Waals surface area contributed by atoms with E-state index in [2.05, 4.69) is 123 Å². The average Bonchev–Trinajstić information content (AvgIpc) is 3.34. The first-order chi connectivity index (χ1) is 35.0. The predicted molar refractivity (Wildman–Crippen MR) is 305 cm³/mol. The molecule has 0 aliphatic heterocycles. The van der Waals surface area contributed by atoms with Gasteiger partial charge in [0.1, 0.15) is 19.8 Å². The summed E-state index contributed by atoms with van der Waals surface area (Å²) in [5, 5.41) is 0. The number of likely N-dealkylation sites (N-methyl/N-ethyl adjacent to an activating group) is 1. The Morgan fingerprint density at radius 1 is 0.431 bits per heavy atom. The third-order valence-corrected chi connectivity index (χ3v) is 12.8. The van der Waals surface area contributed by atoms with Crippen LogP contribution >= 0.6 is 7.82 Å². The van der Waals surface area contributed by atoms with Crippen LogP contribution in [0, 0.1) is 0 Å². The van der Waals surface area contributed by atoms with Crippen LogP contribution in [-0.4, -0.2) is 70.0 Å². The minimum atomic E-state index is -4.65. The number of esters is 2. The van der Waals surface area contributed by atoms with E-state index in [0.717, 1.165) is 109 Å². The highest BCUT2D eigenvalue weighted by Crippen LogP contribution is 2.38. The maximum absolute atomic E-state index is 12.8. The molecule has 0 rings (SSSR count). The van der Waals surface area contributed by atoms with Gasteiger partial charge in [0, 0.05) is 12.8 Å². The molecule has 0 spiro atoms. The third-order valence-electron chi connectivity index (χ3n) is 11.8. The van der Waals surface area contributed by atoms with Crippen LogP contribution in [0.3, 0.4) is 0 Å². The summed E-state index contributed by atoms with van der Waals surface area (Å²) < 4.78 is 34.1. The van der Waals surface area contributed by atoms with Gasteiger partial charge in [0.25, 0.3) is 7.82 Å². The van der Waals surface area contributed by atoms with Crippen LogP contribution in [0.2, 0.25) is 0 Å². The van der Waals surface area contributed by atoms with Crippen molar-refractivity contribution < 1.29 is 42.1 Å². The topological polar surface area (TPSA) is 111 Å². The Morgan fingerprint density at radius 2 is 0.750 bits per heavy atom. The first-order valence-electron chi connectivity index (χ1n) is 28.6. The zero-order valence-electron chi connectivity index (χ0n) is 46.6. The van der Waals surface area contributed by atoms with Gasteiger partial charge in [-0.3, -0.25) is 14.2 Å².